The standard InChI is InChI=1S/C17H12ClN3O4S/c1-7-2-8(4-9(18)3-7)12-14(17(23)24)20-13-10(6-26-15(12)13)16-19-11(5-22)25-21-16/h2-4,6,20,22H,5H2,1H3,(H,23,24). The maximum Gasteiger partial charge on any atom is 0.353 e. The van der Waals surface area contributed by atoms with Gasteiger partial charge in [-0.05, 0) is 30.2 Å². The van der Waals surface area contributed by atoms with Crippen molar-refractivity contribution in [1.82, 2.24) is 15.1 Å². The number of carboxylic acid groups (broad SMARTS) is 1. The van der Waals surface area contributed by atoms with Crippen LogP contribution in [0.4, 0.5) is 0 Å². The molecule has 0 aliphatic heterocycles. The summed E-state index contributed by atoms with van der Waals surface area (Å²) in [4.78, 5) is 18.8. The van der Waals surface area contributed by atoms with E-state index < -0.39 is 5.97 Å². The number of hydrogen-bond acceptors (Lipinski definition) is 6. The fourth-order valence-corrected chi connectivity index (χ4v) is 4.24. The van der Waals surface area contributed by atoms with Gasteiger partial charge in [0.1, 0.15) is 12.3 Å². The zero-order valence-corrected chi connectivity index (χ0v) is 15.0. The molecule has 1 aromatic carbocycles. The van der Waals surface area contributed by atoms with Gasteiger partial charge in [0.15, 0.2) is 0 Å². The molecule has 26 heavy (non-hydrogen) atoms. The molecule has 9 heteroatoms. The zero-order valence-electron chi connectivity index (χ0n) is 13.4. The molecular weight excluding hydrogens is 378 g/mol. The molecule has 4 aromatic rings. The number of nitrogens with one attached hydrogen (secondary N) is 1. The number of aromatic amines is 1. The highest BCUT2D eigenvalue weighted by molar-refractivity contribution is 7.18. The largest absolute Gasteiger partial charge is 0.477 e. The molecule has 3 aromatic heterocycles. The lowest BCUT2D eigenvalue weighted by molar-refractivity contribution is 0.0692. The number of aliphatic hydroxyl groups excluding tert-OH is 1. The molecule has 0 aliphatic rings. The molecule has 0 radical (unpaired) electrons. The number of carbonyl (C=O) groups is 1. The van der Waals surface area contributed by atoms with E-state index in [1.165, 1.54) is 11.3 Å². The van der Waals surface area contributed by atoms with Crippen LogP contribution in [0.3, 0.4) is 0 Å². The third-order valence-electron chi connectivity index (χ3n) is 3.91. The molecule has 3 N–H and O–H groups in total. The maximum atomic E-state index is 11.8. The number of hydrogen-bond donors (Lipinski definition) is 3. The number of fused-ring (bicyclic) bond motifs is 1. The number of thiophene rings is 1. The van der Waals surface area contributed by atoms with Crippen LogP contribution in [0.1, 0.15) is 21.9 Å². The summed E-state index contributed by atoms with van der Waals surface area (Å²) in [6.45, 7) is 1.54. The van der Waals surface area contributed by atoms with E-state index in [0.717, 1.165) is 15.8 Å². The van der Waals surface area contributed by atoms with Crippen molar-refractivity contribution in [2.75, 3.05) is 0 Å². The zero-order chi connectivity index (χ0) is 18.4. The summed E-state index contributed by atoms with van der Waals surface area (Å²) in [7, 11) is 0. The molecule has 0 bridgehead atoms. The van der Waals surface area contributed by atoms with Gasteiger partial charge < -0.3 is 19.7 Å². The summed E-state index contributed by atoms with van der Waals surface area (Å²) in [5.41, 5.74) is 3.50. The minimum absolute atomic E-state index is 0.0700. The van der Waals surface area contributed by atoms with Gasteiger partial charge in [-0.1, -0.05) is 22.8 Å². The molecular formula is C17H12ClN3O4S. The number of rotatable bonds is 4. The number of nitrogens with zero attached hydrogens (tertiary/aromatic N) is 2. The second-order valence-electron chi connectivity index (χ2n) is 5.72. The Morgan fingerprint density at radius 1 is 1.38 bits per heavy atom. The summed E-state index contributed by atoms with van der Waals surface area (Å²) in [5, 5.41) is 24.9. The van der Waals surface area contributed by atoms with Crippen LogP contribution in [0.25, 0.3) is 32.7 Å². The van der Waals surface area contributed by atoms with Crippen LogP contribution < -0.4 is 0 Å². The van der Waals surface area contributed by atoms with Crippen LogP contribution in [0, 0.1) is 6.92 Å². The van der Waals surface area contributed by atoms with Gasteiger partial charge in [0.05, 0.1) is 15.8 Å². The van der Waals surface area contributed by atoms with Gasteiger partial charge >= 0.3 is 5.97 Å². The topological polar surface area (TPSA) is 112 Å². The number of halogens is 1. The van der Waals surface area contributed by atoms with Gasteiger partial charge in [-0.2, -0.15) is 4.98 Å². The molecule has 0 saturated heterocycles. The number of H-pyrrole nitrogens is 1. The Balaban J connectivity index is 1.98. The van der Waals surface area contributed by atoms with Crippen LogP contribution >= 0.6 is 22.9 Å². The Morgan fingerprint density at radius 3 is 2.85 bits per heavy atom. The molecule has 132 valence electrons. The minimum atomic E-state index is -1.07. The Labute approximate surface area is 155 Å². The second kappa shape index (κ2) is 6.24. The predicted octanol–water partition coefficient (Wildman–Crippen LogP) is 4.10. The van der Waals surface area contributed by atoms with Crippen molar-refractivity contribution in [3.05, 3.63) is 45.7 Å². The average molecular weight is 390 g/mol. The Hall–Kier alpha value is -2.68. The number of aromatic carboxylic acids is 1. The fraction of sp³-hybridized carbons (Fsp3) is 0.118. The quantitative estimate of drug-likeness (QED) is 0.484. The van der Waals surface area contributed by atoms with Crippen molar-refractivity contribution in [1.29, 1.82) is 0 Å². The summed E-state index contributed by atoms with van der Waals surface area (Å²) < 4.78 is 5.69. The molecule has 0 amide bonds. The van der Waals surface area contributed by atoms with E-state index >= 15 is 0 Å². The summed E-state index contributed by atoms with van der Waals surface area (Å²) >= 11 is 7.53. The van der Waals surface area contributed by atoms with Crippen LogP contribution in [0.15, 0.2) is 28.1 Å². The van der Waals surface area contributed by atoms with Crippen molar-refractivity contribution in [2.45, 2.75) is 13.5 Å². The number of aromatic nitrogens is 3. The van der Waals surface area contributed by atoms with E-state index in [1.807, 2.05) is 24.4 Å². The van der Waals surface area contributed by atoms with Crippen LogP contribution in [-0.4, -0.2) is 31.3 Å². The minimum Gasteiger partial charge on any atom is -0.477 e. The lowest BCUT2D eigenvalue weighted by Crippen LogP contribution is -1.99. The van der Waals surface area contributed by atoms with Crippen molar-refractivity contribution in [3.8, 4) is 22.5 Å². The third-order valence-corrected chi connectivity index (χ3v) is 5.12. The van der Waals surface area contributed by atoms with Crippen molar-refractivity contribution in [3.63, 3.8) is 0 Å². The first-order valence-electron chi connectivity index (χ1n) is 7.55. The highest BCUT2D eigenvalue weighted by Gasteiger charge is 2.24. The van der Waals surface area contributed by atoms with Gasteiger partial charge in [0, 0.05) is 16.0 Å². The monoisotopic (exact) mass is 389 g/mol. The number of aliphatic hydroxyl groups is 1. The smallest absolute Gasteiger partial charge is 0.353 e. The average Bonchev–Trinajstić information content (AvgIpc) is 3.27. The van der Waals surface area contributed by atoms with Gasteiger partial charge in [-0.3, -0.25) is 0 Å². The van der Waals surface area contributed by atoms with Gasteiger partial charge in [0.25, 0.3) is 5.89 Å². The molecule has 3 heterocycles. The van der Waals surface area contributed by atoms with E-state index in [2.05, 4.69) is 15.1 Å². The Morgan fingerprint density at radius 2 is 2.19 bits per heavy atom. The summed E-state index contributed by atoms with van der Waals surface area (Å²) in [5.74, 6) is -0.696. The molecule has 0 saturated carbocycles. The van der Waals surface area contributed by atoms with Crippen molar-refractivity contribution < 1.29 is 19.5 Å². The highest BCUT2D eigenvalue weighted by Crippen LogP contribution is 2.41. The molecule has 0 atom stereocenters. The number of carboxylic acids is 1. The highest BCUT2D eigenvalue weighted by atomic mass is 35.5. The molecule has 0 unspecified atom stereocenters. The molecule has 4 rings (SSSR count). The van der Waals surface area contributed by atoms with Crippen LogP contribution in [0.5, 0.6) is 0 Å². The lowest BCUT2D eigenvalue weighted by Gasteiger charge is -2.04. The first kappa shape index (κ1) is 16.8. The van der Waals surface area contributed by atoms with E-state index in [9.17, 15) is 9.90 Å². The van der Waals surface area contributed by atoms with E-state index in [-0.39, 0.29) is 24.0 Å². The predicted molar refractivity (Wildman–Crippen MR) is 97.5 cm³/mol. The van der Waals surface area contributed by atoms with Gasteiger partial charge in [-0.25, -0.2) is 4.79 Å². The van der Waals surface area contributed by atoms with Crippen LogP contribution in [-0.2, 0) is 6.61 Å². The summed E-state index contributed by atoms with van der Waals surface area (Å²) in [6.07, 6.45) is 0. The fourth-order valence-electron chi connectivity index (χ4n) is 2.88. The first-order valence-corrected chi connectivity index (χ1v) is 8.81. The lowest BCUT2D eigenvalue weighted by atomic mass is 10.0. The van der Waals surface area contributed by atoms with E-state index in [0.29, 0.717) is 21.7 Å². The van der Waals surface area contributed by atoms with E-state index in [1.54, 1.807) is 6.07 Å². The normalized spacial score (nSPS) is 11.3. The van der Waals surface area contributed by atoms with Gasteiger partial charge in [0.2, 0.25) is 5.82 Å². The number of benzene rings is 1. The third kappa shape index (κ3) is 2.68. The van der Waals surface area contributed by atoms with Crippen molar-refractivity contribution >= 4 is 39.1 Å². The van der Waals surface area contributed by atoms with Crippen LogP contribution in [0.2, 0.25) is 5.02 Å². The molecule has 0 fully saturated rings. The number of aryl methyl sites for hydroxylation is 1. The Kier molecular flexibility index (Phi) is 4.03. The molecule has 7 nitrogen and oxygen atoms in total. The maximum absolute atomic E-state index is 11.8. The van der Waals surface area contributed by atoms with Crippen molar-refractivity contribution in [2.24, 2.45) is 0 Å². The molecule has 0 spiro atoms. The first-order chi connectivity index (χ1) is 12.5. The molecule has 0 aliphatic carbocycles. The van der Waals surface area contributed by atoms with Gasteiger partial charge in [-0.15, -0.1) is 11.3 Å². The SMILES string of the molecule is Cc1cc(Cl)cc(-c2c(C(=O)O)[nH]c3c(-c4noc(CO)n4)csc23)c1. The van der Waals surface area contributed by atoms with E-state index in [4.69, 9.17) is 21.2 Å². The second-order valence-corrected chi connectivity index (χ2v) is 7.04. The summed E-state index contributed by atoms with van der Waals surface area (Å²) in [6, 6.07) is 5.44. The Bertz CT molecular complexity index is 1120.